The van der Waals surface area contributed by atoms with Crippen molar-refractivity contribution in [3.63, 3.8) is 0 Å². The number of aromatic carboxylic acids is 1. The lowest BCUT2D eigenvalue weighted by atomic mass is 10.1. The van der Waals surface area contributed by atoms with Gasteiger partial charge in [0.05, 0.1) is 5.69 Å². The number of carboxylic acid groups (broad SMARTS) is 1. The normalized spacial score (nSPS) is 9.85. The highest BCUT2D eigenvalue weighted by Crippen LogP contribution is 2.19. The monoisotopic (exact) mass is 276 g/mol. The van der Waals surface area contributed by atoms with Gasteiger partial charge in [0.2, 0.25) is 5.95 Å². The minimum Gasteiger partial charge on any atom is -0.478 e. The van der Waals surface area contributed by atoms with Crippen molar-refractivity contribution < 1.29 is 19.1 Å². The van der Waals surface area contributed by atoms with Gasteiger partial charge in [-0.2, -0.15) is 0 Å². The number of nitrogens with one attached hydrogen (secondary N) is 2. The molecule has 0 radical (unpaired) electrons. The van der Waals surface area contributed by atoms with Gasteiger partial charge in [0.15, 0.2) is 0 Å². The molecule has 0 saturated carbocycles. The molecule has 0 aliphatic rings. The predicted molar refractivity (Wildman–Crippen MR) is 68.0 cm³/mol. The number of aromatic nitrogens is 2. The summed E-state index contributed by atoms with van der Waals surface area (Å²) in [6.45, 7) is 0. The summed E-state index contributed by atoms with van der Waals surface area (Å²) < 4.78 is 13.4. The van der Waals surface area contributed by atoms with Crippen molar-refractivity contribution in [3.05, 3.63) is 48.0 Å². The summed E-state index contributed by atoms with van der Waals surface area (Å²) in [6, 6.07) is 4.35. The molecule has 7 nitrogen and oxygen atoms in total. The summed E-state index contributed by atoms with van der Waals surface area (Å²) in [4.78, 5) is 30.1. The first-order valence-corrected chi connectivity index (χ1v) is 5.45. The van der Waals surface area contributed by atoms with E-state index in [1.807, 2.05) is 0 Å². The Hall–Kier alpha value is -3.03. The molecule has 2 rings (SSSR count). The van der Waals surface area contributed by atoms with Gasteiger partial charge in [-0.05, 0) is 18.2 Å². The average molecular weight is 276 g/mol. The molecule has 0 fully saturated rings. The summed E-state index contributed by atoms with van der Waals surface area (Å²) in [7, 11) is 0. The molecule has 0 bridgehead atoms. The second-order valence-electron chi connectivity index (χ2n) is 3.62. The van der Waals surface area contributed by atoms with Gasteiger partial charge >= 0.3 is 12.0 Å². The molecule has 0 aliphatic heterocycles. The van der Waals surface area contributed by atoms with Gasteiger partial charge in [0, 0.05) is 12.4 Å². The molecule has 1 aromatic carbocycles. The Morgan fingerprint density at radius 2 is 1.80 bits per heavy atom. The Morgan fingerprint density at radius 1 is 1.10 bits per heavy atom. The van der Waals surface area contributed by atoms with Crippen LogP contribution in [0, 0.1) is 5.82 Å². The van der Waals surface area contributed by atoms with Crippen molar-refractivity contribution in [1.29, 1.82) is 0 Å². The molecular weight excluding hydrogens is 267 g/mol. The maximum atomic E-state index is 13.4. The van der Waals surface area contributed by atoms with E-state index in [4.69, 9.17) is 5.11 Å². The molecule has 0 atom stereocenters. The smallest absolute Gasteiger partial charge is 0.340 e. The third-order valence-corrected chi connectivity index (χ3v) is 2.27. The van der Waals surface area contributed by atoms with E-state index in [0.717, 1.165) is 6.07 Å². The van der Waals surface area contributed by atoms with Crippen molar-refractivity contribution in [2.24, 2.45) is 0 Å². The maximum absolute atomic E-state index is 13.4. The fourth-order valence-electron chi connectivity index (χ4n) is 1.46. The molecule has 2 aromatic rings. The van der Waals surface area contributed by atoms with E-state index in [9.17, 15) is 14.0 Å². The van der Waals surface area contributed by atoms with Crippen molar-refractivity contribution in [1.82, 2.24) is 9.97 Å². The Labute approximate surface area is 112 Å². The van der Waals surface area contributed by atoms with Gasteiger partial charge in [-0.25, -0.2) is 23.9 Å². The van der Waals surface area contributed by atoms with Crippen LogP contribution in [0.25, 0.3) is 0 Å². The number of halogens is 1. The second kappa shape index (κ2) is 5.74. The van der Waals surface area contributed by atoms with Gasteiger partial charge in [-0.1, -0.05) is 6.07 Å². The molecule has 0 aliphatic carbocycles. The first-order valence-electron chi connectivity index (χ1n) is 5.45. The lowest BCUT2D eigenvalue weighted by Crippen LogP contribution is -2.22. The van der Waals surface area contributed by atoms with Crippen molar-refractivity contribution in [2.45, 2.75) is 0 Å². The van der Waals surface area contributed by atoms with Crippen molar-refractivity contribution in [3.8, 4) is 0 Å². The third-order valence-electron chi connectivity index (χ3n) is 2.27. The molecule has 20 heavy (non-hydrogen) atoms. The van der Waals surface area contributed by atoms with Crippen LogP contribution >= 0.6 is 0 Å². The summed E-state index contributed by atoms with van der Waals surface area (Å²) >= 11 is 0. The van der Waals surface area contributed by atoms with Crippen molar-refractivity contribution in [2.75, 3.05) is 10.6 Å². The van der Waals surface area contributed by atoms with Crippen molar-refractivity contribution >= 4 is 23.6 Å². The highest BCUT2D eigenvalue weighted by Gasteiger charge is 2.17. The average Bonchev–Trinajstić information content (AvgIpc) is 2.39. The van der Waals surface area contributed by atoms with Gasteiger partial charge in [0.25, 0.3) is 0 Å². The number of carboxylic acids is 1. The van der Waals surface area contributed by atoms with Crippen LogP contribution in [0.5, 0.6) is 0 Å². The zero-order valence-corrected chi connectivity index (χ0v) is 10.0. The number of anilines is 2. The highest BCUT2D eigenvalue weighted by molar-refractivity contribution is 6.04. The lowest BCUT2D eigenvalue weighted by Gasteiger charge is -2.09. The number of carbonyl (C=O) groups excluding carboxylic acids is 1. The Bertz CT molecular complexity index is 648. The molecule has 2 amide bonds. The molecule has 1 aromatic heterocycles. The maximum Gasteiger partial charge on any atom is 0.340 e. The molecule has 0 spiro atoms. The van der Waals surface area contributed by atoms with E-state index in [1.54, 1.807) is 6.07 Å². The molecular formula is C12H9FN4O3. The molecule has 102 valence electrons. The highest BCUT2D eigenvalue weighted by atomic mass is 19.1. The Morgan fingerprint density at radius 3 is 2.45 bits per heavy atom. The van der Waals surface area contributed by atoms with Gasteiger partial charge < -0.3 is 10.4 Å². The van der Waals surface area contributed by atoms with E-state index in [1.165, 1.54) is 24.5 Å². The number of amides is 2. The first-order chi connectivity index (χ1) is 9.58. The Kier molecular flexibility index (Phi) is 3.85. The number of carbonyl (C=O) groups is 2. The zero-order chi connectivity index (χ0) is 14.5. The van der Waals surface area contributed by atoms with Crippen LogP contribution in [-0.2, 0) is 0 Å². The number of hydrogen-bond donors (Lipinski definition) is 3. The minimum atomic E-state index is -1.48. The topological polar surface area (TPSA) is 104 Å². The fraction of sp³-hybridized carbons (Fsp3) is 0. The van der Waals surface area contributed by atoms with E-state index in [2.05, 4.69) is 20.6 Å². The number of hydrogen-bond acceptors (Lipinski definition) is 4. The van der Waals surface area contributed by atoms with Crippen LogP contribution in [0.2, 0.25) is 0 Å². The van der Waals surface area contributed by atoms with E-state index < -0.39 is 23.4 Å². The molecule has 3 N–H and O–H groups in total. The first kappa shape index (κ1) is 13.4. The van der Waals surface area contributed by atoms with E-state index in [0.29, 0.717) is 0 Å². The number of benzene rings is 1. The van der Waals surface area contributed by atoms with E-state index in [-0.39, 0.29) is 11.6 Å². The quantitative estimate of drug-likeness (QED) is 0.794. The Balaban J connectivity index is 2.16. The van der Waals surface area contributed by atoms with Crippen LogP contribution in [0.1, 0.15) is 10.4 Å². The van der Waals surface area contributed by atoms with Crippen LogP contribution in [0.15, 0.2) is 36.7 Å². The second-order valence-corrected chi connectivity index (χ2v) is 3.62. The summed E-state index contributed by atoms with van der Waals surface area (Å²) in [6.07, 6.45) is 2.85. The van der Waals surface area contributed by atoms with E-state index >= 15 is 0 Å². The number of urea groups is 1. The summed E-state index contributed by atoms with van der Waals surface area (Å²) in [5, 5.41) is 13.4. The van der Waals surface area contributed by atoms with Crippen LogP contribution in [0.4, 0.5) is 20.8 Å². The largest absolute Gasteiger partial charge is 0.478 e. The molecule has 8 heteroatoms. The van der Waals surface area contributed by atoms with Crippen LogP contribution in [-0.4, -0.2) is 27.1 Å². The predicted octanol–water partition coefficient (Wildman–Crippen LogP) is 1.96. The SMILES string of the molecule is O=C(Nc1ncccn1)Nc1cccc(F)c1C(=O)O. The standard InChI is InChI=1S/C12H9FN4O3/c13-7-3-1-4-8(9(7)10(18)19)16-12(20)17-11-14-5-2-6-15-11/h1-6H,(H,18,19)(H2,14,15,16,17,20). The van der Waals surface area contributed by atoms with Crippen LogP contribution in [0.3, 0.4) is 0 Å². The lowest BCUT2D eigenvalue weighted by molar-refractivity contribution is 0.0693. The molecule has 1 heterocycles. The summed E-state index contributed by atoms with van der Waals surface area (Å²) in [5.74, 6) is -2.38. The number of nitrogens with zero attached hydrogens (tertiary/aromatic N) is 2. The van der Waals surface area contributed by atoms with Gasteiger partial charge in [0.1, 0.15) is 11.4 Å². The summed E-state index contributed by atoms with van der Waals surface area (Å²) in [5.41, 5.74) is -0.775. The molecule has 0 saturated heterocycles. The number of rotatable bonds is 3. The molecule has 0 unspecified atom stereocenters. The fourth-order valence-corrected chi connectivity index (χ4v) is 1.46. The van der Waals surface area contributed by atoms with Gasteiger partial charge in [-0.15, -0.1) is 0 Å². The van der Waals surface area contributed by atoms with Gasteiger partial charge in [-0.3, -0.25) is 5.32 Å². The zero-order valence-electron chi connectivity index (χ0n) is 10.0. The third kappa shape index (κ3) is 3.05. The van der Waals surface area contributed by atoms with Crippen LogP contribution < -0.4 is 10.6 Å². The minimum absolute atomic E-state index is 0.0401.